The average molecular weight is 408 g/mol. The fraction of sp³-hybridized carbons (Fsp3) is 0.421. The molecule has 0 radical (unpaired) electrons. The number of hydrogen-bond acceptors (Lipinski definition) is 5. The molecule has 3 rings (SSSR count). The summed E-state index contributed by atoms with van der Waals surface area (Å²) in [6.07, 6.45) is 0. The van der Waals surface area contributed by atoms with Gasteiger partial charge in [-0.05, 0) is 19.1 Å². The molecule has 1 aliphatic rings. The zero-order valence-electron chi connectivity index (χ0n) is 16.0. The van der Waals surface area contributed by atoms with Gasteiger partial charge < -0.3 is 9.80 Å². The van der Waals surface area contributed by atoms with Gasteiger partial charge in [-0.15, -0.1) is 11.3 Å². The number of amides is 2. The average Bonchev–Trinajstić information content (AvgIpc) is 3.01. The third-order valence-corrected chi connectivity index (χ3v) is 5.75. The molecule has 1 aliphatic heterocycles. The second-order valence-corrected chi connectivity index (χ2v) is 8.00. The Balaban J connectivity index is 1.59. The Kier molecular flexibility index (Phi) is 6.04. The maximum Gasteiger partial charge on any atom is 0.265 e. The standard InChI is InChI=1S/C19H22F2N4O2S/c1-12-17(19(27)23(2)3)28-16(22-12)11-24-6-8-25(9-7-24)18(26)14-5-4-13(20)10-15(14)21/h4-5,10H,6-9,11H2,1-3H3. The lowest BCUT2D eigenvalue weighted by molar-refractivity contribution is 0.0623. The van der Waals surface area contributed by atoms with E-state index in [-0.39, 0.29) is 11.5 Å². The van der Waals surface area contributed by atoms with E-state index in [1.807, 2.05) is 6.92 Å². The second kappa shape index (κ2) is 8.32. The first-order valence-corrected chi connectivity index (χ1v) is 9.72. The van der Waals surface area contributed by atoms with E-state index in [1.54, 1.807) is 19.0 Å². The van der Waals surface area contributed by atoms with Crippen LogP contribution in [0.15, 0.2) is 18.2 Å². The molecular formula is C19H22F2N4O2S. The van der Waals surface area contributed by atoms with Gasteiger partial charge in [-0.1, -0.05) is 0 Å². The molecule has 0 aliphatic carbocycles. The first-order valence-electron chi connectivity index (χ1n) is 8.91. The highest BCUT2D eigenvalue weighted by atomic mass is 32.1. The van der Waals surface area contributed by atoms with Gasteiger partial charge in [-0.2, -0.15) is 0 Å². The third kappa shape index (κ3) is 4.36. The summed E-state index contributed by atoms with van der Waals surface area (Å²) in [7, 11) is 3.42. The quantitative estimate of drug-likeness (QED) is 0.780. The third-order valence-electron chi connectivity index (χ3n) is 4.62. The molecule has 0 unspecified atom stereocenters. The van der Waals surface area contributed by atoms with Crippen LogP contribution in [0.3, 0.4) is 0 Å². The molecule has 0 bridgehead atoms. The van der Waals surface area contributed by atoms with Crippen molar-refractivity contribution >= 4 is 23.2 Å². The summed E-state index contributed by atoms with van der Waals surface area (Å²) in [5.74, 6) is -2.03. The monoisotopic (exact) mass is 408 g/mol. The highest BCUT2D eigenvalue weighted by Crippen LogP contribution is 2.22. The number of carbonyl (C=O) groups is 2. The number of benzene rings is 1. The topological polar surface area (TPSA) is 56.8 Å². The summed E-state index contributed by atoms with van der Waals surface area (Å²) in [6.45, 7) is 4.55. The van der Waals surface area contributed by atoms with Crippen LogP contribution in [0.2, 0.25) is 0 Å². The van der Waals surface area contributed by atoms with Crippen molar-refractivity contribution in [2.45, 2.75) is 13.5 Å². The molecule has 150 valence electrons. The summed E-state index contributed by atoms with van der Waals surface area (Å²) in [5, 5.41) is 0.854. The Morgan fingerprint density at radius 1 is 1.18 bits per heavy atom. The zero-order valence-corrected chi connectivity index (χ0v) is 16.9. The Bertz CT molecular complexity index is 892. The van der Waals surface area contributed by atoms with E-state index in [4.69, 9.17) is 0 Å². The molecule has 28 heavy (non-hydrogen) atoms. The molecule has 9 heteroatoms. The van der Waals surface area contributed by atoms with E-state index in [0.717, 1.165) is 22.8 Å². The van der Waals surface area contributed by atoms with Crippen LogP contribution in [0.5, 0.6) is 0 Å². The molecule has 2 heterocycles. The minimum absolute atomic E-state index is 0.0574. The highest BCUT2D eigenvalue weighted by molar-refractivity contribution is 7.13. The van der Waals surface area contributed by atoms with Crippen molar-refractivity contribution in [3.05, 3.63) is 51.0 Å². The van der Waals surface area contributed by atoms with Gasteiger partial charge in [-0.3, -0.25) is 14.5 Å². The van der Waals surface area contributed by atoms with Gasteiger partial charge in [0.05, 0.1) is 17.8 Å². The fourth-order valence-electron chi connectivity index (χ4n) is 3.06. The number of halogens is 2. The molecule has 2 aromatic rings. The number of rotatable bonds is 4. The molecule has 0 saturated carbocycles. The van der Waals surface area contributed by atoms with E-state index in [2.05, 4.69) is 9.88 Å². The summed E-state index contributed by atoms with van der Waals surface area (Å²) in [4.78, 5) is 35.0. The van der Waals surface area contributed by atoms with E-state index in [1.165, 1.54) is 22.3 Å². The number of carbonyl (C=O) groups excluding carboxylic acids is 2. The van der Waals surface area contributed by atoms with Crippen LogP contribution in [0.25, 0.3) is 0 Å². The first kappa shape index (κ1) is 20.3. The fourth-order valence-corrected chi connectivity index (χ4v) is 4.18. The Hall–Kier alpha value is -2.39. The van der Waals surface area contributed by atoms with Gasteiger partial charge in [0.15, 0.2) is 0 Å². The largest absolute Gasteiger partial charge is 0.344 e. The zero-order chi connectivity index (χ0) is 20.4. The Morgan fingerprint density at radius 3 is 2.46 bits per heavy atom. The van der Waals surface area contributed by atoms with Crippen molar-refractivity contribution in [3.8, 4) is 0 Å². The van der Waals surface area contributed by atoms with Gasteiger partial charge in [-0.25, -0.2) is 13.8 Å². The van der Waals surface area contributed by atoms with E-state index < -0.39 is 17.5 Å². The van der Waals surface area contributed by atoms with E-state index >= 15 is 0 Å². The van der Waals surface area contributed by atoms with Crippen LogP contribution >= 0.6 is 11.3 Å². The normalized spacial score (nSPS) is 15.0. The lowest BCUT2D eigenvalue weighted by atomic mass is 10.1. The number of nitrogens with zero attached hydrogens (tertiary/aromatic N) is 4. The van der Waals surface area contributed by atoms with Crippen LogP contribution in [-0.2, 0) is 6.54 Å². The summed E-state index contributed by atoms with van der Waals surface area (Å²) < 4.78 is 26.9. The van der Waals surface area contributed by atoms with Gasteiger partial charge in [0.2, 0.25) is 0 Å². The first-order chi connectivity index (χ1) is 13.3. The lowest BCUT2D eigenvalue weighted by Gasteiger charge is -2.34. The minimum atomic E-state index is -0.844. The van der Waals surface area contributed by atoms with Crippen LogP contribution < -0.4 is 0 Å². The van der Waals surface area contributed by atoms with Crippen molar-refractivity contribution < 1.29 is 18.4 Å². The molecule has 1 saturated heterocycles. The van der Waals surface area contributed by atoms with Crippen molar-refractivity contribution in [1.29, 1.82) is 0 Å². The number of aryl methyl sites for hydroxylation is 1. The van der Waals surface area contributed by atoms with Crippen molar-refractivity contribution in [2.24, 2.45) is 0 Å². The summed E-state index contributed by atoms with van der Waals surface area (Å²) in [6, 6.07) is 2.99. The molecule has 1 aromatic carbocycles. The summed E-state index contributed by atoms with van der Waals surface area (Å²) in [5.41, 5.74) is 0.608. The van der Waals surface area contributed by atoms with Crippen LogP contribution in [-0.4, -0.2) is 71.8 Å². The van der Waals surface area contributed by atoms with Crippen molar-refractivity contribution in [2.75, 3.05) is 40.3 Å². The molecular weight excluding hydrogens is 386 g/mol. The van der Waals surface area contributed by atoms with Gasteiger partial charge in [0.25, 0.3) is 11.8 Å². The summed E-state index contributed by atoms with van der Waals surface area (Å²) >= 11 is 1.39. The van der Waals surface area contributed by atoms with Crippen LogP contribution in [0, 0.1) is 18.6 Å². The number of aromatic nitrogens is 1. The predicted octanol–water partition coefficient (Wildman–Crippen LogP) is 2.39. The van der Waals surface area contributed by atoms with Crippen molar-refractivity contribution in [1.82, 2.24) is 19.7 Å². The van der Waals surface area contributed by atoms with E-state index in [9.17, 15) is 18.4 Å². The predicted molar refractivity (Wildman–Crippen MR) is 102 cm³/mol. The smallest absolute Gasteiger partial charge is 0.265 e. The van der Waals surface area contributed by atoms with Crippen LogP contribution in [0.1, 0.15) is 30.7 Å². The molecule has 6 nitrogen and oxygen atoms in total. The molecule has 1 fully saturated rings. The lowest BCUT2D eigenvalue weighted by Crippen LogP contribution is -2.48. The number of hydrogen-bond donors (Lipinski definition) is 0. The molecule has 0 spiro atoms. The molecule has 1 aromatic heterocycles. The van der Waals surface area contributed by atoms with Gasteiger partial charge in [0.1, 0.15) is 21.5 Å². The van der Waals surface area contributed by atoms with Gasteiger partial charge in [0, 0.05) is 46.3 Å². The molecule has 0 atom stereocenters. The van der Waals surface area contributed by atoms with Crippen molar-refractivity contribution in [3.63, 3.8) is 0 Å². The maximum absolute atomic E-state index is 13.8. The minimum Gasteiger partial charge on any atom is -0.344 e. The van der Waals surface area contributed by atoms with Gasteiger partial charge >= 0.3 is 0 Å². The maximum atomic E-state index is 13.8. The highest BCUT2D eigenvalue weighted by Gasteiger charge is 2.25. The number of thiazole rings is 1. The molecule has 2 amide bonds. The van der Waals surface area contributed by atoms with E-state index in [0.29, 0.717) is 37.6 Å². The molecule has 0 N–H and O–H groups in total. The second-order valence-electron chi connectivity index (χ2n) is 6.91. The Labute approximate surface area is 166 Å². The SMILES string of the molecule is Cc1nc(CN2CCN(C(=O)c3ccc(F)cc3F)CC2)sc1C(=O)N(C)C. The van der Waals surface area contributed by atoms with Crippen LogP contribution in [0.4, 0.5) is 8.78 Å². The Morgan fingerprint density at radius 2 is 1.86 bits per heavy atom. The number of piperazine rings is 1.